The molecule has 4 heteroatoms. The number of carbonyl (C=O) groups is 2. The molecular weight excluding hydrogens is 372 g/mol. The van der Waals surface area contributed by atoms with Crippen molar-refractivity contribution in [3.8, 4) is 0 Å². The Labute approximate surface area is 178 Å². The number of aromatic nitrogens is 1. The number of allylic oxidation sites excluding steroid dienone is 1. The summed E-state index contributed by atoms with van der Waals surface area (Å²) in [5, 5.41) is 3.26. The van der Waals surface area contributed by atoms with Gasteiger partial charge in [-0.05, 0) is 67.0 Å². The second-order valence-electron chi connectivity index (χ2n) is 8.65. The topological polar surface area (TPSA) is 59.1 Å². The van der Waals surface area contributed by atoms with Gasteiger partial charge in [0.05, 0.1) is 5.41 Å². The van der Waals surface area contributed by atoms with Crippen molar-refractivity contribution in [3.63, 3.8) is 0 Å². The van der Waals surface area contributed by atoms with Gasteiger partial charge in [-0.1, -0.05) is 56.5 Å². The number of rotatable bonds is 5. The van der Waals surface area contributed by atoms with Crippen molar-refractivity contribution in [1.82, 2.24) is 10.3 Å². The minimum atomic E-state index is -0.577. The number of hydrogen-bond donors (Lipinski definition) is 1. The van der Waals surface area contributed by atoms with Crippen LogP contribution >= 0.6 is 0 Å². The summed E-state index contributed by atoms with van der Waals surface area (Å²) < 4.78 is 0. The van der Waals surface area contributed by atoms with Gasteiger partial charge in [0.1, 0.15) is 5.69 Å². The van der Waals surface area contributed by atoms with Gasteiger partial charge in [-0.3, -0.25) is 14.6 Å². The number of carbonyl (C=O) groups excluding carboxylic acids is 2. The maximum absolute atomic E-state index is 13.8. The molecule has 1 amide bonds. The van der Waals surface area contributed by atoms with Crippen molar-refractivity contribution in [2.24, 2.45) is 5.92 Å². The zero-order chi connectivity index (χ0) is 21.1. The van der Waals surface area contributed by atoms with E-state index in [2.05, 4.69) is 29.4 Å². The van der Waals surface area contributed by atoms with Crippen LogP contribution in [0.15, 0.2) is 54.2 Å². The molecule has 30 heavy (non-hydrogen) atoms. The zero-order valence-electron chi connectivity index (χ0n) is 17.9. The van der Waals surface area contributed by atoms with Gasteiger partial charge in [-0.15, -0.1) is 0 Å². The van der Waals surface area contributed by atoms with E-state index in [0.29, 0.717) is 5.69 Å². The molecule has 1 saturated carbocycles. The molecule has 2 aromatic rings. The first-order valence-corrected chi connectivity index (χ1v) is 11.1. The number of amides is 1. The van der Waals surface area contributed by atoms with E-state index in [-0.39, 0.29) is 23.7 Å². The molecule has 0 bridgehead atoms. The molecule has 3 atom stereocenters. The average Bonchev–Trinajstić information content (AvgIpc) is 2.78. The number of ketones is 1. The van der Waals surface area contributed by atoms with E-state index in [1.807, 2.05) is 37.3 Å². The standard InChI is InChI=1S/C26H30N2O2/c1-3-15-26(20-11-5-4-10-19(20)17-18(2)24(26)29)21-12-6-7-13-22(21)28-25(30)23-14-8-9-16-27-23/h4-5,8-11,14,16-17,21-22H,3,6-7,12-13,15H2,1-2H3,(H,28,30)/t21-,22+,26-/m0/s1. The van der Waals surface area contributed by atoms with E-state index < -0.39 is 5.41 Å². The van der Waals surface area contributed by atoms with Crippen molar-refractivity contribution in [3.05, 3.63) is 71.1 Å². The SMILES string of the molecule is CCC[C@]1([C@H]2CCCC[C@H]2NC(=O)c2ccccn2)C(=O)C(C)=Cc2ccccc21. The predicted molar refractivity (Wildman–Crippen MR) is 119 cm³/mol. The van der Waals surface area contributed by atoms with Crippen LogP contribution < -0.4 is 5.32 Å². The predicted octanol–water partition coefficient (Wildman–Crippen LogP) is 5.09. The Morgan fingerprint density at radius 3 is 2.67 bits per heavy atom. The van der Waals surface area contributed by atoms with Crippen LogP contribution in [0.4, 0.5) is 0 Å². The Morgan fingerprint density at radius 1 is 1.13 bits per heavy atom. The van der Waals surface area contributed by atoms with Gasteiger partial charge in [0.15, 0.2) is 5.78 Å². The Hall–Kier alpha value is -2.75. The number of nitrogens with zero attached hydrogens (tertiary/aromatic N) is 1. The van der Waals surface area contributed by atoms with E-state index >= 15 is 0 Å². The van der Waals surface area contributed by atoms with Gasteiger partial charge in [0.2, 0.25) is 0 Å². The molecule has 0 radical (unpaired) electrons. The molecule has 1 N–H and O–H groups in total. The summed E-state index contributed by atoms with van der Waals surface area (Å²) in [7, 11) is 0. The molecular formula is C26H30N2O2. The summed E-state index contributed by atoms with van der Waals surface area (Å²) in [5.74, 6) is 0.158. The van der Waals surface area contributed by atoms with E-state index in [1.165, 1.54) is 0 Å². The van der Waals surface area contributed by atoms with Crippen LogP contribution in [-0.4, -0.2) is 22.7 Å². The van der Waals surface area contributed by atoms with Gasteiger partial charge in [0, 0.05) is 12.2 Å². The minimum Gasteiger partial charge on any atom is -0.348 e. The van der Waals surface area contributed by atoms with E-state index in [9.17, 15) is 9.59 Å². The van der Waals surface area contributed by atoms with Crippen molar-refractivity contribution in [2.75, 3.05) is 0 Å². The highest BCUT2D eigenvalue weighted by atomic mass is 16.2. The number of Topliss-reactive ketones (excluding diaryl/α,β-unsaturated/α-hetero) is 1. The fraction of sp³-hybridized carbons (Fsp3) is 0.423. The molecule has 0 unspecified atom stereocenters. The van der Waals surface area contributed by atoms with Gasteiger partial charge in [-0.2, -0.15) is 0 Å². The molecule has 1 aromatic heterocycles. The van der Waals surface area contributed by atoms with Crippen LogP contribution in [0.25, 0.3) is 6.08 Å². The number of nitrogens with one attached hydrogen (secondary N) is 1. The third-order valence-corrected chi connectivity index (χ3v) is 6.83. The summed E-state index contributed by atoms with van der Waals surface area (Å²) in [6, 6.07) is 13.6. The first kappa shape index (κ1) is 20.5. The second kappa shape index (κ2) is 8.55. The van der Waals surface area contributed by atoms with Crippen LogP contribution in [0.2, 0.25) is 0 Å². The normalized spacial score (nSPS) is 25.9. The number of hydrogen-bond acceptors (Lipinski definition) is 3. The smallest absolute Gasteiger partial charge is 0.270 e. The molecule has 1 fully saturated rings. The second-order valence-corrected chi connectivity index (χ2v) is 8.65. The molecule has 0 aliphatic heterocycles. The van der Waals surface area contributed by atoms with Gasteiger partial charge >= 0.3 is 0 Å². The van der Waals surface area contributed by atoms with E-state index in [4.69, 9.17) is 0 Å². The van der Waals surface area contributed by atoms with Crippen molar-refractivity contribution in [1.29, 1.82) is 0 Å². The highest BCUT2D eigenvalue weighted by Gasteiger charge is 2.52. The monoisotopic (exact) mass is 402 g/mol. The van der Waals surface area contributed by atoms with Crippen molar-refractivity contribution < 1.29 is 9.59 Å². The highest BCUT2D eigenvalue weighted by molar-refractivity contribution is 6.09. The first-order valence-electron chi connectivity index (χ1n) is 11.1. The zero-order valence-corrected chi connectivity index (χ0v) is 17.9. The van der Waals surface area contributed by atoms with Crippen LogP contribution in [0.3, 0.4) is 0 Å². The molecule has 0 saturated heterocycles. The fourth-order valence-electron chi connectivity index (χ4n) is 5.63. The Kier molecular flexibility index (Phi) is 5.85. The molecule has 4 nitrogen and oxygen atoms in total. The maximum Gasteiger partial charge on any atom is 0.270 e. The lowest BCUT2D eigenvalue weighted by Crippen LogP contribution is -2.55. The molecule has 156 valence electrons. The lowest BCUT2D eigenvalue weighted by atomic mass is 9.56. The minimum absolute atomic E-state index is 0.0392. The summed E-state index contributed by atoms with van der Waals surface area (Å²) in [5.41, 5.74) is 2.95. The van der Waals surface area contributed by atoms with Crippen LogP contribution in [0.1, 0.15) is 74.0 Å². The summed E-state index contributed by atoms with van der Waals surface area (Å²) >= 11 is 0. The Balaban J connectivity index is 1.76. The van der Waals surface area contributed by atoms with Crippen molar-refractivity contribution >= 4 is 17.8 Å². The first-order chi connectivity index (χ1) is 14.6. The molecule has 4 rings (SSSR count). The average molecular weight is 403 g/mol. The van der Waals surface area contributed by atoms with Gasteiger partial charge < -0.3 is 5.32 Å². The Morgan fingerprint density at radius 2 is 1.90 bits per heavy atom. The molecule has 2 aliphatic rings. The van der Waals surface area contributed by atoms with Crippen LogP contribution in [-0.2, 0) is 10.2 Å². The van der Waals surface area contributed by atoms with E-state index in [1.54, 1.807) is 12.3 Å². The largest absolute Gasteiger partial charge is 0.348 e. The van der Waals surface area contributed by atoms with Gasteiger partial charge in [0.25, 0.3) is 5.91 Å². The lowest BCUT2D eigenvalue weighted by Gasteiger charge is -2.48. The Bertz CT molecular complexity index is 966. The van der Waals surface area contributed by atoms with Gasteiger partial charge in [-0.25, -0.2) is 0 Å². The third-order valence-electron chi connectivity index (χ3n) is 6.83. The molecule has 0 spiro atoms. The highest BCUT2D eigenvalue weighted by Crippen LogP contribution is 2.49. The van der Waals surface area contributed by atoms with Crippen LogP contribution in [0.5, 0.6) is 0 Å². The number of pyridine rings is 1. The molecule has 1 aromatic carbocycles. The summed E-state index contributed by atoms with van der Waals surface area (Å²) in [6.07, 6.45) is 9.38. The number of benzene rings is 1. The maximum atomic E-state index is 13.8. The fourth-order valence-corrected chi connectivity index (χ4v) is 5.63. The third kappa shape index (κ3) is 3.49. The van der Waals surface area contributed by atoms with Crippen LogP contribution in [0, 0.1) is 5.92 Å². The molecule has 2 aliphatic carbocycles. The summed E-state index contributed by atoms with van der Waals surface area (Å²) in [6.45, 7) is 4.09. The van der Waals surface area contributed by atoms with E-state index in [0.717, 1.165) is 55.2 Å². The summed E-state index contributed by atoms with van der Waals surface area (Å²) in [4.78, 5) is 30.9. The lowest BCUT2D eigenvalue weighted by molar-refractivity contribution is -0.124. The molecule has 1 heterocycles. The number of fused-ring (bicyclic) bond motifs is 1. The quantitative estimate of drug-likeness (QED) is 0.757. The van der Waals surface area contributed by atoms with Crippen molar-refractivity contribution in [2.45, 2.75) is 63.8 Å².